The molecule has 0 aromatic heterocycles. The molecule has 1 N–H and O–H groups in total. The number of amides is 2. The summed E-state index contributed by atoms with van der Waals surface area (Å²) in [6, 6.07) is 11.4. The maximum atomic E-state index is 14.7. The molecular weight excluding hydrogens is 702 g/mol. The number of halogens is 11. The monoisotopic (exact) mass is 726 g/mol. The molecule has 248 valence electrons. The van der Waals surface area contributed by atoms with E-state index in [9.17, 15) is 53.5 Å². The quantitative estimate of drug-likeness (QED) is 0.235. The second kappa shape index (κ2) is 12.5. The summed E-state index contributed by atoms with van der Waals surface area (Å²) >= 11 is 2.51. The maximum Gasteiger partial charge on any atom is 0.435 e. The summed E-state index contributed by atoms with van der Waals surface area (Å²) in [5, 5.41) is 1.93. The molecule has 0 spiro atoms. The first-order chi connectivity index (χ1) is 21.2. The van der Waals surface area contributed by atoms with Crippen molar-refractivity contribution in [1.29, 1.82) is 0 Å². The molecule has 0 aliphatic heterocycles. The van der Waals surface area contributed by atoms with Crippen LogP contribution in [0.2, 0.25) is 0 Å². The van der Waals surface area contributed by atoms with Crippen molar-refractivity contribution in [1.82, 2.24) is 0 Å². The number of hydrogen-bond donors (Lipinski definition) is 1. The van der Waals surface area contributed by atoms with Crippen molar-refractivity contribution in [3.05, 3.63) is 93.0 Å². The average Bonchev–Trinajstić information content (AvgIpc) is 3.82. The fourth-order valence-electron chi connectivity index (χ4n) is 5.23. The number of nitrogens with one attached hydrogen (secondary N) is 1. The minimum atomic E-state index is -6.67. The fraction of sp³-hybridized carbons (Fsp3) is 0.355. The van der Waals surface area contributed by atoms with Gasteiger partial charge in [0.25, 0.3) is 11.8 Å². The van der Waals surface area contributed by atoms with E-state index in [1.54, 1.807) is 43.3 Å². The highest BCUT2D eigenvalue weighted by Crippen LogP contribution is 2.55. The fourth-order valence-corrected chi connectivity index (χ4v) is 5.79. The highest BCUT2D eigenvalue weighted by Gasteiger charge is 2.73. The zero-order valence-electron chi connectivity index (χ0n) is 24.0. The van der Waals surface area contributed by atoms with Crippen LogP contribution >= 0.6 is 15.9 Å². The van der Waals surface area contributed by atoms with Gasteiger partial charge in [-0.3, -0.25) is 9.59 Å². The molecule has 1 unspecified atom stereocenters. The summed E-state index contributed by atoms with van der Waals surface area (Å²) in [5.41, 5.74) is -11.2. The minimum absolute atomic E-state index is 0.0999. The van der Waals surface area contributed by atoms with Crippen molar-refractivity contribution in [2.24, 2.45) is 5.92 Å². The first-order valence-electron chi connectivity index (χ1n) is 13.8. The second-order valence-electron chi connectivity index (χ2n) is 10.8. The molecule has 2 amide bonds. The molecule has 3 aromatic carbocycles. The lowest BCUT2D eigenvalue weighted by atomic mass is 9.91. The molecule has 46 heavy (non-hydrogen) atoms. The molecule has 0 heterocycles. The van der Waals surface area contributed by atoms with Gasteiger partial charge < -0.3 is 10.2 Å². The summed E-state index contributed by atoms with van der Waals surface area (Å²) in [7, 11) is 0. The van der Waals surface area contributed by atoms with Crippen LogP contribution in [0.1, 0.15) is 64.1 Å². The number of alkyl halides is 10. The predicted molar refractivity (Wildman–Crippen MR) is 153 cm³/mol. The molecule has 1 atom stereocenters. The largest absolute Gasteiger partial charge is 0.435 e. The first kappa shape index (κ1) is 35.2. The van der Waals surface area contributed by atoms with Crippen LogP contribution < -0.4 is 10.2 Å². The van der Waals surface area contributed by atoms with E-state index in [4.69, 9.17) is 0 Å². The molecule has 1 fully saturated rings. The Bertz CT molecular complexity index is 1600. The van der Waals surface area contributed by atoms with Crippen LogP contribution in [0.5, 0.6) is 0 Å². The normalized spacial score (nSPS) is 15.0. The zero-order valence-corrected chi connectivity index (χ0v) is 25.6. The van der Waals surface area contributed by atoms with E-state index >= 15 is 0 Å². The van der Waals surface area contributed by atoms with Gasteiger partial charge in [0.05, 0.1) is 11.3 Å². The van der Waals surface area contributed by atoms with E-state index in [2.05, 4.69) is 15.9 Å². The third kappa shape index (κ3) is 6.60. The Morgan fingerprint density at radius 3 is 1.98 bits per heavy atom. The standard InChI is InChI=1S/C31H25BrF10N2O2/c1-3-20-21(10-7-11-24(20)44(16(2)17-12-13-17)27(46)18-8-5-4-6-9-18)26(45)43-25-22(29(34,35)36)14-19(15-23(25)32)28(33,30(37,38)39)31(40,41)42/h4-11,14-17H,3,12-13H2,1-2H3,(H,43,45). The molecule has 0 saturated heterocycles. The van der Waals surface area contributed by atoms with Crippen LogP contribution in [0.4, 0.5) is 55.3 Å². The minimum Gasteiger partial charge on any atom is -0.320 e. The van der Waals surface area contributed by atoms with E-state index in [-0.39, 0.29) is 35.6 Å². The van der Waals surface area contributed by atoms with Gasteiger partial charge in [-0.05, 0) is 90.0 Å². The number of carbonyl (C=O) groups excluding carboxylic acids is 2. The van der Waals surface area contributed by atoms with Crippen molar-refractivity contribution >= 4 is 39.1 Å². The van der Waals surface area contributed by atoms with Crippen LogP contribution in [-0.4, -0.2) is 30.2 Å². The molecule has 1 saturated carbocycles. The summed E-state index contributed by atoms with van der Waals surface area (Å²) in [5.74, 6) is -1.45. The van der Waals surface area contributed by atoms with E-state index in [1.165, 1.54) is 17.0 Å². The lowest BCUT2D eigenvalue weighted by molar-refractivity contribution is -0.348. The van der Waals surface area contributed by atoms with Gasteiger partial charge in [0, 0.05) is 32.9 Å². The molecule has 1 aliphatic carbocycles. The van der Waals surface area contributed by atoms with Crippen LogP contribution in [0.25, 0.3) is 0 Å². The molecule has 0 bridgehead atoms. The smallest absolute Gasteiger partial charge is 0.320 e. The number of carbonyl (C=O) groups is 2. The topological polar surface area (TPSA) is 49.4 Å². The number of rotatable bonds is 8. The number of anilines is 2. The van der Waals surface area contributed by atoms with E-state index in [1.807, 2.05) is 12.2 Å². The Labute approximate surface area is 264 Å². The molecular formula is C31H25BrF10N2O2. The predicted octanol–water partition coefficient (Wildman–Crippen LogP) is 10.0. The van der Waals surface area contributed by atoms with Crippen LogP contribution in [0.3, 0.4) is 0 Å². The van der Waals surface area contributed by atoms with E-state index in [0.29, 0.717) is 11.3 Å². The highest BCUT2D eigenvalue weighted by molar-refractivity contribution is 9.10. The van der Waals surface area contributed by atoms with Crippen molar-refractivity contribution < 1.29 is 53.5 Å². The average molecular weight is 727 g/mol. The van der Waals surface area contributed by atoms with Crippen molar-refractivity contribution in [3.63, 3.8) is 0 Å². The molecule has 1 aliphatic rings. The number of benzene rings is 3. The molecule has 0 radical (unpaired) electrons. The van der Waals surface area contributed by atoms with Crippen molar-refractivity contribution in [3.8, 4) is 0 Å². The lowest BCUT2D eigenvalue weighted by Gasteiger charge is -2.32. The molecule has 15 heteroatoms. The van der Waals surface area contributed by atoms with Crippen LogP contribution in [-0.2, 0) is 18.3 Å². The molecule has 4 rings (SSSR count). The molecule has 3 aromatic rings. The van der Waals surface area contributed by atoms with Gasteiger partial charge >= 0.3 is 24.2 Å². The Hall–Kier alpha value is -3.62. The van der Waals surface area contributed by atoms with Crippen molar-refractivity contribution in [2.75, 3.05) is 10.2 Å². The highest BCUT2D eigenvalue weighted by atomic mass is 79.9. The zero-order chi connectivity index (χ0) is 34.4. The summed E-state index contributed by atoms with van der Waals surface area (Å²) < 4.78 is 136. The summed E-state index contributed by atoms with van der Waals surface area (Å²) in [6.45, 7) is 3.45. The van der Waals surface area contributed by atoms with E-state index < -0.39 is 63.4 Å². The van der Waals surface area contributed by atoms with Crippen molar-refractivity contribution in [2.45, 2.75) is 63.3 Å². The van der Waals surface area contributed by atoms with Gasteiger partial charge in [0.15, 0.2) is 0 Å². The number of hydrogen-bond acceptors (Lipinski definition) is 2. The Balaban J connectivity index is 1.82. The summed E-state index contributed by atoms with van der Waals surface area (Å²) in [6.07, 6.45) is -17.2. The van der Waals surface area contributed by atoms with E-state index in [0.717, 1.165) is 12.8 Å². The van der Waals surface area contributed by atoms with Crippen LogP contribution in [0.15, 0.2) is 65.1 Å². The van der Waals surface area contributed by atoms with Gasteiger partial charge in [-0.2, -0.15) is 39.5 Å². The third-order valence-corrected chi connectivity index (χ3v) is 8.40. The Morgan fingerprint density at radius 1 is 0.891 bits per heavy atom. The summed E-state index contributed by atoms with van der Waals surface area (Å²) in [4.78, 5) is 28.7. The lowest BCUT2D eigenvalue weighted by Crippen LogP contribution is -2.50. The Morgan fingerprint density at radius 2 is 1.48 bits per heavy atom. The third-order valence-electron chi connectivity index (χ3n) is 7.77. The van der Waals surface area contributed by atoms with Gasteiger partial charge in [0.2, 0.25) is 0 Å². The van der Waals surface area contributed by atoms with Gasteiger partial charge in [0.1, 0.15) is 0 Å². The Kier molecular flexibility index (Phi) is 9.60. The SMILES string of the molecule is CCc1c(C(=O)Nc2c(Br)cc(C(F)(C(F)(F)F)C(F)(F)F)cc2C(F)(F)F)cccc1N(C(=O)c1ccccc1)C(C)C1CC1. The molecule has 4 nitrogen and oxygen atoms in total. The van der Waals surface area contributed by atoms with Gasteiger partial charge in [-0.15, -0.1) is 0 Å². The maximum absolute atomic E-state index is 14.7. The van der Waals surface area contributed by atoms with Gasteiger partial charge in [-0.1, -0.05) is 31.2 Å². The van der Waals surface area contributed by atoms with Gasteiger partial charge in [-0.25, -0.2) is 4.39 Å². The number of nitrogens with zero attached hydrogens (tertiary/aromatic N) is 1. The second-order valence-corrected chi connectivity index (χ2v) is 11.6. The van der Waals surface area contributed by atoms with Crippen LogP contribution in [0, 0.1) is 5.92 Å². The first-order valence-corrected chi connectivity index (χ1v) is 14.6.